The van der Waals surface area contributed by atoms with Crippen LogP contribution in [-0.4, -0.2) is 30.5 Å². The van der Waals surface area contributed by atoms with Gasteiger partial charge in [-0.3, -0.25) is 0 Å². The van der Waals surface area contributed by atoms with Gasteiger partial charge in [-0.1, -0.05) is 18.3 Å². The van der Waals surface area contributed by atoms with E-state index in [0.29, 0.717) is 4.99 Å². The van der Waals surface area contributed by atoms with Gasteiger partial charge in [0.1, 0.15) is 4.99 Å². The molecule has 0 heterocycles. The third kappa shape index (κ3) is 3.04. The first-order chi connectivity index (χ1) is 9.12. The van der Waals surface area contributed by atoms with Crippen LogP contribution in [0.3, 0.4) is 0 Å². The Morgan fingerprint density at radius 3 is 2.74 bits per heavy atom. The largest absolute Gasteiger partial charge is 0.389 e. The number of hydrogen-bond donors (Lipinski definition) is 2. The third-order valence-electron chi connectivity index (χ3n) is 3.79. The summed E-state index contributed by atoms with van der Waals surface area (Å²) >= 11 is 6.83. The molecule has 1 fully saturated rings. The van der Waals surface area contributed by atoms with Crippen molar-refractivity contribution >= 4 is 34.7 Å². The summed E-state index contributed by atoms with van der Waals surface area (Å²) in [6.45, 7) is 0.803. The molecule has 2 rings (SSSR count). The van der Waals surface area contributed by atoms with Gasteiger partial charge in [0.25, 0.3) is 0 Å². The molecule has 0 bridgehead atoms. The average molecular weight is 296 g/mol. The lowest BCUT2D eigenvalue weighted by atomic mass is 9.80. The number of nitrogens with one attached hydrogen (secondary N) is 1. The van der Waals surface area contributed by atoms with E-state index in [4.69, 9.17) is 22.7 Å². The van der Waals surface area contributed by atoms with Crippen LogP contribution in [0.5, 0.6) is 0 Å². The molecule has 0 saturated heterocycles. The van der Waals surface area contributed by atoms with Crippen LogP contribution in [0.25, 0.3) is 0 Å². The third-order valence-corrected chi connectivity index (χ3v) is 4.78. The van der Waals surface area contributed by atoms with Crippen LogP contribution in [0.15, 0.2) is 23.1 Å². The zero-order valence-corrected chi connectivity index (χ0v) is 13.0. The van der Waals surface area contributed by atoms with Crippen molar-refractivity contribution in [1.29, 1.82) is 0 Å². The number of rotatable bonds is 6. The molecule has 1 aromatic rings. The molecule has 0 aromatic heterocycles. The summed E-state index contributed by atoms with van der Waals surface area (Å²) in [4.78, 5) is 1.55. The first kappa shape index (κ1) is 14.6. The van der Waals surface area contributed by atoms with Gasteiger partial charge >= 0.3 is 0 Å². The first-order valence-corrected chi connectivity index (χ1v) is 8.01. The van der Waals surface area contributed by atoms with Crippen LogP contribution < -0.4 is 11.1 Å². The highest BCUT2D eigenvalue weighted by Crippen LogP contribution is 2.36. The fourth-order valence-electron chi connectivity index (χ4n) is 2.38. The van der Waals surface area contributed by atoms with Crippen molar-refractivity contribution in [2.45, 2.75) is 29.8 Å². The number of thiocarbonyl (C=S) groups is 1. The summed E-state index contributed by atoms with van der Waals surface area (Å²) in [6, 6.07) is 6.09. The van der Waals surface area contributed by atoms with Crippen molar-refractivity contribution in [1.82, 2.24) is 0 Å². The lowest BCUT2D eigenvalue weighted by Gasteiger charge is -2.41. The molecule has 0 radical (unpaired) electrons. The standard InChI is InChI=1S/C14H20N2OS2/c1-17-14(7-4-8-14)9-16-10-5-3-6-11(19-2)12(10)13(15)18/h3,5-6,16H,4,7-9H2,1-2H3,(H2,15,18). The van der Waals surface area contributed by atoms with E-state index in [2.05, 4.69) is 5.32 Å². The molecule has 0 aliphatic heterocycles. The number of methoxy groups -OCH3 is 1. The molecule has 1 aliphatic rings. The molecule has 1 aromatic carbocycles. The fourth-order valence-corrected chi connectivity index (χ4v) is 3.31. The van der Waals surface area contributed by atoms with Crippen molar-refractivity contribution in [2.75, 3.05) is 25.2 Å². The Labute approximate surface area is 124 Å². The second-order valence-corrected chi connectivity index (χ2v) is 6.13. The SMILES string of the molecule is COC1(CNc2cccc(SC)c2C(N)=S)CCC1. The Morgan fingerprint density at radius 1 is 1.53 bits per heavy atom. The van der Waals surface area contributed by atoms with Crippen LogP contribution in [0.2, 0.25) is 0 Å². The average Bonchev–Trinajstić information content (AvgIpc) is 2.37. The zero-order chi connectivity index (χ0) is 13.9. The van der Waals surface area contributed by atoms with Crippen LogP contribution in [0.4, 0.5) is 5.69 Å². The van der Waals surface area contributed by atoms with Gasteiger partial charge in [0.2, 0.25) is 0 Å². The first-order valence-electron chi connectivity index (χ1n) is 6.38. The lowest BCUT2D eigenvalue weighted by molar-refractivity contribution is -0.0601. The lowest BCUT2D eigenvalue weighted by Crippen LogP contribution is -2.45. The monoisotopic (exact) mass is 296 g/mol. The minimum atomic E-state index is -0.0111. The molecule has 19 heavy (non-hydrogen) atoms. The van der Waals surface area contributed by atoms with Gasteiger partial charge in [0.15, 0.2) is 0 Å². The molecule has 1 aliphatic carbocycles. The van der Waals surface area contributed by atoms with Gasteiger partial charge in [-0.15, -0.1) is 11.8 Å². The molecule has 0 spiro atoms. The highest BCUT2D eigenvalue weighted by Gasteiger charge is 2.36. The Morgan fingerprint density at radius 2 is 2.26 bits per heavy atom. The van der Waals surface area contributed by atoms with E-state index in [0.717, 1.165) is 35.5 Å². The van der Waals surface area contributed by atoms with E-state index < -0.39 is 0 Å². The van der Waals surface area contributed by atoms with Crippen molar-refractivity contribution in [3.05, 3.63) is 23.8 Å². The van der Waals surface area contributed by atoms with E-state index in [-0.39, 0.29) is 5.60 Å². The van der Waals surface area contributed by atoms with E-state index in [1.165, 1.54) is 6.42 Å². The quantitative estimate of drug-likeness (QED) is 0.624. The smallest absolute Gasteiger partial charge is 0.107 e. The Kier molecular flexibility index (Phi) is 4.71. The summed E-state index contributed by atoms with van der Waals surface area (Å²) in [6.07, 6.45) is 5.49. The van der Waals surface area contributed by atoms with Crippen molar-refractivity contribution in [2.24, 2.45) is 5.73 Å². The molecule has 3 nitrogen and oxygen atoms in total. The van der Waals surface area contributed by atoms with E-state index in [1.54, 1.807) is 18.9 Å². The minimum absolute atomic E-state index is 0.0111. The molecule has 1 saturated carbocycles. The predicted octanol–water partition coefficient (Wildman–Crippen LogP) is 3.02. The maximum Gasteiger partial charge on any atom is 0.107 e. The van der Waals surface area contributed by atoms with Crippen LogP contribution >= 0.6 is 24.0 Å². The number of ether oxygens (including phenoxy) is 1. The summed E-state index contributed by atoms with van der Waals surface area (Å²) in [5.74, 6) is 0. The second-order valence-electron chi connectivity index (χ2n) is 4.84. The van der Waals surface area contributed by atoms with Crippen LogP contribution in [-0.2, 0) is 4.74 Å². The number of benzene rings is 1. The maximum atomic E-state index is 5.86. The normalized spacial score (nSPS) is 16.7. The highest BCUT2D eigenvalue weighted by molar-refractivity contribution is 7.98. The fraction of sp³-hybridized carbons (Fsp3) is 0.500. The van der Waals surface area contributed by atoms with Crippen molar-refractivity contribution in [3.63, 3.8) is 0 Å². The summed E-state index contributed by atoms with van der Waals surface area (Å²) in [7, 11) is 1.79. The predicted molar refractivity (Wildman–Crippen MR) is 86.2 cm³/mol. The van der Waals surface area contributed by atoms with Gasteiger partial charge in [-0.2, -0.15) is 0 Å². The molecular weight excluding hydrogens is 276 g/mol. The van der Waals surface area contributed by atoms with Gasteiger partial charge in [0.05, 0.1) is 5.60 Å². The summed E-state index contributed by atoms with van der Waals surface area (Å²) < 4.78 is 5.62. The zero-order valence-electron chi connectivity index (χ0n) is 11.4. The van der Waals surface area contributed by atoms with Gasteiger partial charge in [-0.05, 0) is 37.7 Å². The van der Waals surface area contributed by atoms with E-state index in [9.17, 15) is 0 Å². The van der Waals surface area contributed by atoms with Crippen molar-refractivity contribution in [3.8, 4) is 0 Å². The number of thioether (sulfide) groups is 1. The van der Waals surface area contributed by atoms with Gasteiger partial charge in [-0.25, -0.2) is 0 Å². The number of anilines is 1. The Balaban J connectivity index is 2.18. The second kappa shape index (κ2) is 6.11. The van der Waals surface area contributed by atoms with Crippen LogP contribution in [0.1, 0.15) is 24.8 Å². The van der Waals surface area contributed by atoms with Crippen molar-refractivity contribution < 1.29 is 4.74 Å². The van der Waals surface area contributed by atoms with Crippen LogP contribution in [0, 0.1) is 0 Å². The molecule has 0 amide bonds. The topological polar surface area (TPSA) is 47.3 Å². The van der Waals surface area contributed by atoms with Gasteiger partial charge in [0, 0.05) is 29.8 Å². The van der Waals surface area contributed by atoms with Gasteiger partial charge < -0.3 is 15.8 Å². The summed E-state index contributed by atoms with van der Waals surface area (Å²) in [5, 5.41) is 3.46. The molecule has 104 valence electrons. The molecule has 5 heteroatoms. The Bertz CT molecular complexity index is 467. The highest BCUT2D eigenvalue weighted by atomic mass is 32.2. The summed E-state index contributed by atoms with van der Waals surface area (Å²) in [5.41, 5.74) is 7.79. The number of nitrogens with two attached hydrogens (primary N) is 1. The molecule has 0 atom stereocenters. The number of hydrogen-bond acceptors (Lipinski definition) is 4. The van der Waals surface area contributed by atoms with E-state index >= 15 is 0 Å². The maximum absolute atomic E-state index is 5.86. The van der Waals surface area contributed by atoms with E-state index in [1.807, 2.05) is 24.5 Å². The molecular formula is C14H20N2OS2. The Hall–Kier alpha value is -0.780. The molecule has 0 unspecified atom stereocenters. The minimum Gasteiger partial charge on any atom is -0.389 e. The molecule has 3 N–H and O–H groups in total.